The van der Waals surface area contributed by atoms with Crippen LogP contribution in [0.2, 0.25) is 0 Å². The fourth-order valence-electron chi connectivity index (χ4n) is 7.76. The van der Waals surface area contributed by atoms with Crippen molar-refractivity contribution in [1.82, 2.24) is 0 Å². The van der Waals surface area contributed by atoms with E-state index in [-0.39, 0.29) is 17.5 Å². The van der Waals surface area contributed by atoms with Gasteiger partial charge in [0, 0.05) is 12.3 Å². The molecule has 0 amide bonds. The highest BCUT2D eigenvalue weighted by Gasteiger charge is 2.65. The lowest BCUT2D eigenvalue weighted by Crippen LogP contribution is -2.56. The first-order chi connectivity index (χ1) is 12.2. The topological polar surface area (TPSA) is 70.3 Å². The van der Waals surface area contributed by atoms with E-state index in [1.165, 1.54) is 19.8 Å². The number of aliphatic hydroxyl groups is 1. The van der Waals surface area contributed by atoms with Crippen molar-refractivity contribution in [2.24, 2.45) is 34.5 Å². The molecule has 0 radical (unpaired) electrons. The minimum absolute atomic E-state index is 0.103. The fraction of sp³-hybridized carbons (Fsp3) is 0.909. The molecule has 4 aliphatic carbocycles. The van der Waals surface area contributed by atoms with Gasteiger partial charge in [0.25, 0.3) is 0 Å². The molecule has 144 valence electrons. The lowest BCUT2D eigenvalue weighted by molar-refractivity contribution is -0.164. The Morgan fingerprint density at radius 3 is 2.50 bits per heavy atom. The maximum Gasteiger partial charge on any atom is 0.302 e. The summed E-state index contributed by atoms with van der Waals surface area (Å²) in [5.41, 5.74) is -1.04. The summed E-state index contributed by atoms with van der Waals surface area (Å²) in [5.74, 6) is 2.31. The lowest BCUT2D eigenvalue weighted by Gasteiger charge is -2.61. The van der Waals surface area contributed by atoms with Crippen molar-refractivity contribution in [1.29, 1.82) is 5.26 Å². The van der Waals surface area contributed by atoms with E-state index in [1.807, 2.05) is 0 Å². The molecule has 26 heavy (non-hydrogen) atoms. The Morgan fingerprint density at radius 1 is 1.08 bits per heavy atom. The molecular weight excluding hydrogens is 326 g/mol. The molecule has 8 atom stereocenters. The number of esters is 1. The normalized spacial score (nSPS) is 53.0. The Hall–Kier alpha value is -1.08. The number of nitriles is 1. The monoisotopic (exact) mass is 359 g/mol. The molecule has 0 spiro atoms. The van der Waals surface area contributed by atoms with E-state index in [4.69, 9.17) is 4.74 Å². The van der Waals surface area contributed by atoms with E-state index in [0.29, 0.717) is 35.5 Å². The van der Waals surface area contributed by atoms with Crippen molar-refractivity contribution in [3.63, 3.8) is 0 Å². The number of ether oxygens (including phenoxy) is 1. The van der Waals surface area contributed by atoms with Gasteiger partial charge < -0.3 is 9.84 Å². The van der Waals surface area contributed by atoms with Gasteiger partial charge in [0.05, 0.1) is 6.07 Å². The van der Waals surface area contributed by atoms with Crippen LogP contribution < -0.4 is 0 Å². The van der Waals surface area contributed by atoms with E-state index >= 15 is 0 Å². The molecular formula is C22H33NO3. The second-order valence-electron chi connectivity index (χ2n) is 10.1. The molecule has 0 aromatic rings. The third-order valence-corrected chi connectivity index (χ3v) is 9.29. The average Bonchev–Trinajstić information content (AvgIpc) is 2.87. The summed E-state index contributed by atoms with van der Waals surface area (Å²) in [6, 6.07) is 2.27. The second kappa shape index (κ2) is 5.96. The van der Waals surface area contributed by atoms with Crippen molar-refractivity contribution >= 4 is 5.97 Å². The summed E-state index contributed by atoms with van der Waals surface area (Å²) >= 11 is 0. The predicted molar refractivity (Wildman–Crippen MR) is 97.8 cm³/mol. The SMILES string of the molecule is CC(=O)O[C@@H]1CC[C@@]2(C)[C@@H](CC[C@@H]3[C@H]2CC[C@@]2(C)[C@H]3CC[C@]2(O)C#N)C1. The number of hydrogen-bond acceptors (Lipinski definition) is 4. The first kappa shape index (κ1) is 18.3. The molecule has 4 saturated carbocycles. The Bertz CT molecular complexity index is 642. The van der Waals surface area contributed by atoms with Crippen LogP contribution >= 0.6 is 0 Å². The van der Waals surface area contributed by atoms with Crippen LogP contribution in [0.5, 0.6) is 0 Å². The van der Waals surface area contributed by atoms with E-state index in [2.05, 4.69) is 19.9 Å². The van der Waals surface area contributed by atoms with E-state index in [9.17, 15) is 15.2 Å². The van der Waals surface area contributed by atoms with Gasteiger partial charge in [-0.2, -0.15) is 5.26 Å². The highest BCUT2D eigenvalue weighted by Crippen LogP contribution is 2.68. The van der Waals surface area contributed by atoms with Gasteiger partial charge in [0.2, 0.25) is 0 Å². The van der Waals surface area contributed by atoms with Crippen LogP contribution in [0.1, 0.15) is 78.6 Å². The van der Waals surface area contributed by atoms with Crippen LogP contribution in [0.4, 0.5) is 0 Å². The van der Waals surface area contributed by atoms with Crippen LogP contribution in [-0.4, -0.2) is 22.8 Å². The van der Waals surface area contributed by atoms with Crippen LogP contribution in [0.3, 0.4) is 0 Å². The molecule has 0 bridgehead atoms. The van der Waals surface area contributed by atoms with Gasteiger partial charge >= 0.3 is 5.97 Å². The molecule has 4 heteroatoms. The molecule has 0 aromatic heterocycles. The molecule has 4 nitrogen and oxygen atoms in total. The molecule has 0 aliphatic heterocycles. The number of nitrogens with zero attached hydrogens (tertiary/aromatic N) is 1. The Kier molecular flexibility index (Phi) is 4.19. The van der Waals surface area contributed by atoms with Gasteiger partial charge in [0.1, 0.15) is 6.10 Å². The molecule has 0 heterocycles. The first-order valence-electron chi connectivity index (χ1n) is 10.5. The number of carbonyl (C=O) groups excluding carboxylic acids is 1. The largest absolute Gasteiger partial charge is 0.463 e. The highest BCUT2D eigenvalue weighted by molar-refractivity contribution is 5.66. The van der Waals surface area contributed by atoms with Gasteiger partial charge in [-0.25, -0.2) is 0 Å². The van der Waals surface area contributed by atoms with Gasteiger partial charge in [0.15, 0.2) is 5.60 Å². The zero-order valence-corrected chi connectivity index (χ0v) is 16.5. The third kappa shape index (κ3) is 2.39. The van der Waals surface area contributed by atoms with Gasteiger partial charge in [-0.05, 0) is 86.9 Å². The lowest BCUT2D eigenvalue weighted by atomic mass is 9.44. The Morgan fingerprint density at radius 2 is 1.81 bits per heavy atom. The summed E-state index contributed by atoms with van der Waals surface area (Å²) in [6.45, 7) is 6.17. The summed E-state index contributed by atoms with van der Waals surface area (Å²) < 4.78 is 5.54. The van der Waals surface area contributed by atoms with Crippen molar-refractivity contribution in [3.8, 4) is 6.07 Å². The van der Waals surface area contributed by atoms with Crippen molar-refractivity contribution in [2.75, 3.05) is 0 Å². The molecule has 0 saturated heterocycles. The van der Waals surface area contributed by atoms with Crippen LogP contribution in [-0.2, 0) is 9.53 Å². The molecule has 4 fully saturated rings. The zero-order chi connectivity index (χ0) is 18.7. The smallest absolute Gasteiger partial charge is 0.302 e. The van der Waals surface area contributed by atoms with E-state index < -0.39 is 5.60 Å². The first-order valence-corrected chi connectivity index (χ1v) is 10.5. The minimum atomic E-state index is -1.13. The summed E-state index contributed by atoms with van der Waals surface area (Å²) in [5, 5.41) is 20.6. The molecule has 1 N–H and O–H groups in total. The second-order valence-corrected chi connectivity index (χ2v) is 10.1. The number of rotatable bonds is 1. The summed E-state index contributed by atoms with van der Waals surface area (Å²) in [4.78, 5) is 11.4. The van der Waals surface area contributed by atoms with E-state index in [1.54, 1.807) is 0 Å². The molecule has 4 rings (SSSR count). The Labute approximate surface area is 157 Å². The minimum Gasteiger partial charge on any atom is -0.463 e. The van der Waals surface area contributed by atoms with Gasteiger partial charge in [-0.15, -0.1) is 0 Å². The summed E-state index contributed by atoms with van der Waals surface area (Å²) in [7, 11) is 0. The predicted octanol–water partition coefficient (Wildman–Crippen LogP) is 4.22. The highest BCUT2D eigenvalue weighted by atomic mass is 16.5. The van der Waals surface area contributed by atoms with Crippen molar-refractivity contribution < 1.29 is 14.6 Å². The maximum atomic E-state index is 11.4. The number of carbonyl (C=O) groups is 1. The third-order valence-electron chi connectivity index (χ3n) is 9.29. The van der Waals surface area contributed by atoms with Gasteiger partial charge in [-0.1, -0.05) is 13.8 Å². The van der Waals surface area contributed by atoms with Crippen LogP contribution in [0, 0.1) is 45.8 Å². The van der Waals surface area contributed by atoms with Gasteiger partial charge in [-0.3, -0.25) is 4.79 Å². The van der Waals surface area contributed by atoms with Crippen molar-refractivity contribution in [2.45, 2.75) is 90.3 Å². The standard InChI is InChI=1S/C22H33NO3/c1-14(24)26-16-6-9-20(2)15(12-16)4-5-17-18(20)7-10-21(3)19(17)8-11-22(21,25)13-23/h15-19,25H,4-12H2,1-3H3/t15-,16+,17+,18+,19-,20-,21-,22-/m0/s1. The average molecular weight is 360 g/mol. The zero-order valence-electron chi connectivity index (χ0n) is 16.5. The van der Waals surface area contributed by atoms with Crippen LogP contribution in [0.15, 0.2) is 0 Å². The van der Waals surface area contributed by atoms with Crippen LogP contribution in [0.25, 0.3) is 0 Å². The molecule has 0 unspecified atom stereocenters. The van der Waals surface area contributed by atoms with E-state index in [0.717, 1.165) is 38.5 Å². The molecule has 4 aliphatic rings. The quantitative estimate of drug-likeness (QED) is 0.562. The number of fused-ring (bicyclic) bond motifs is 5. The van der Waals surface area contributed by atoms with Crippen molar-refractivity contribution in [3.05, 3.63) is 0 Å². The fourth-order valence-corrected chi connectivity index (χ4v) is 7.76. The number of hydrogen-bond donors (Lipinski definition) is 1. The maximum absolute atomic E-state index is 11.4. The Balaban J connectivity index is 1.56. The molecule has 0 aromatic carbocycles. The summed E-state index contributed by atoms with van der Waals surface area (Å²) in [6.07, 6.45) is 9.40.